The van der Waals surface area contributed by atoms with Crippen LogP contribution in [0.5, 0.6) is 5.75 Å². The lowest BCUT2D eigenvalue weighted by atomic mass is 9.83. The van der Waals surface area contributed by atoms with Crippen LogP contribution in [0.1, 0.15) is 29.7 Å². The Kier molecular flexibility index (Phi) is 4.98. The van der Waals surface area contributed by atoms with Gasteiger partial charge in [0.25, 0.3) is 5.56 Å². The molecule has 0 unspecified atom stereocenters. The maximum absolute atomic E-state index is 12.7. The summed E-state index contributed by atoms with van der Waals surface area (Å²) in [7, 11) is 0. The summed E-state index contributed by atoms with van der Waals surface area (Å²) in [4.78, 5) is 27.9. The number of benzene rings is 1. The first-order chi connectivity index (χ1) is 12.3. The van der Waals surface area contributed by atoms with Crippen LogP contribution in [0.15, 0.2) is 40.5 Å². The van der Waals surface area contributed by atoms with Crippen LogP contribution in [0.2, 0.25) is 10.0 Å². The van der Waals surface area contributed by atoms with E-state index in [1.807, 2.05) is 0 Å². The highest BCUT2D eigenvalue weighted by atomic mass is 35.5. The van der Waals surface area contributed by atoms with Crippen LogP contribution in [0.4, 0.5) is 0 Å². The maximum Gasteiger partial charge on any atom is 0.340 e. The van der Waals surface area contributed by atoms with Crippen LogP contribution >= 0.6 is 23.2 Å². The van der Waals surface area contributed by atoms with Crippen molar-refractivity contribution in [2.75, 3.05) is 6.61 Å². The normalized spacial score (nSPS) is 16.1. The van der Waals surface area contributed by atoms with E-state index in [1.165, 1.54) is 6.07 Å². The summed E-state index contributed by atoms with van der Waals surface area (Å²) in [6.45, 7) is 3.54. The molecule has 1 aromatic carbocycles. The predicted molar refractivity (Wildman–Crippen MR) is 98.6 cm³/mol. The number of aromatic nitrogens is 1. The van der Waals surface area contributed by atoms with Crippen molar-refractivity contribution >= 4 is 29.2 Å². The van der Waals surface area contributed by atoms with Gasteiger partial charge in [-0.15, -0.1) is 0 Å². The molecule has 3 N–H and O–H groups in total. The van der Waals surface area contributed by atoms with Crippen LogP contribution in [0, 0.1) is 6.92 Å². The van der Waals surface area contributed by atoms with Crippen LogP contribution < -0.4 is 16.0 Å². The fourth-order valence-corrected chi connectivity index (χ4v) is 3.48. The van der Waals surface area contributed by atoms with E-state index in [0.29, 0.717) is 21.3 Å². The van der Waals surface area contributed by atoms with Gasteiger partial charge in [0.15, 0.2) is 0 Å². The number of nitrogens with two attached hydrogens (primary N) is 1. The number of hydrogen-bond donors (Lipinski definition) is 2. The second-order valence-corrected chi connectivity index (χ2v) is 6.60. The monoisotopic (exact) mass is 394 g/mol. The van der Waals surface area contributed by atoms with Crippen molar-refractivity contribution in [1.29, 1.82) is 0 Å². The molecule has 0 bridgehead atoms. The van der Waals surface area contributed by atoms with E-state index in [1.54, 1.807) is 32.0 Å². The minimum atomic E-state index is -0.841. The Morgan fingerprint density at radius 2 is 2.08 bits per heavy atom. The van der Waals surface area contributed by atoms with E-state index in [9.17, 15) is 9.59 Å². The number of carbonyl (C=O) groups is 1. The van der Waals surface area contributed by atoms with E-state index in [4.69, 9.17) is 38.4 Å². The topological polar surface area (TPSA) is 94.4 Å². The lowest BCUT2D eigenvalue weighted by Crippen LogP contribution is -2.32. The molecule has 0 saturated heterocycles. The Labute approximate surface area is 159 Å². The average Bonchev–Trinajstić information content (AvgIpc) is 2.53. The summed E-state index contributed by atoms with van der Waals surface area (Å²) in [5.74, 6) is -1.37. The summed E-state index contributed by atoms with van der Waals surface area (Å²) in [6, 6.07) is 6.45. The highest BCUT2D eigenvalue weighted by Crippen LogP contribution is 2.43. The Balaban J connectivity index is 2.31. The van der Waals surface area contributed by atoms with Crippen molar-refractivity contribution in [3.63, 3.8) is 0 Å². The zero-order valence-corrected chi connectivity index (χ0v) is 15.6. The lowest BCUT2D eigenvalue weighted by Gasteiger charge is -2.28. The third-order valence-corrected chi connectivity index (χ3v) is 4.56. The molecular weight excluding hydrogens is 379 g/mol. The molecule has 0 aliphatic carbocycles. The molecule has 1 aromatic heterocycles. The van der Waals surface area contributed by atoms with Crippen molar-refractivity contribution in [3.8, 4) is 5.75 Å². The predicted octanol–water partition coefficient (Wildman–Crippen LogP) is 3.25. The Bertz CT molecular complexity index is 982. The number of carbonyl (C=O) groups excluding carboxylic acids is 1. The molecule has 0 radical (unpaired) electrons. The minimum Gasteiger partial charge on any atom is -0.462 e. The van der Waals surface area contributed by atoms with Gasteiger partial charge in [0.2, 0.25) is 5.88 Å². The maximum atomic E-state index is 12.7. The van der Waals surface area contributed by atoms with E-state index >= 15 is 0 Å². The third-order valence-electron chi connectivity index (χ3n) is 4.00. The van der Waals surface area contributed by atoms with Crippen molar-refractivity contribution in [2.24, 2.45) is 5.73 Å². The fraction of sp³-hybridized carbons (Fsp3) is 0.222. The third kappa shape index (κ3) is 3.18. The average molecular weight is 395 g/mol. The molecule has 0 saturated carbocycles. The van der Waals surface area contributed by atoms with Gasteiger partial charge in [0.1, 0.15) is 11.3 Å². The van der Waals surface area contributed by atoms with Gasteiger partial charge in [0.05, 0.1) is 18.1 Å². The molecular formula is C18H16Cl2N2O4. The fourth-order valence-electron chi connectivity index (χ4n) is 2.96. The quantitative estimate of drug-likeness (QED) is 0.779. The number of ether oxygens (including phenoxy) is 2. The van der Waals surface area contributed by atoms with Crippen molar-refractivity contribution in [2.45, 2.75) is 19.8 Å². The van der Waals surface area contributed by atoms with Gasteiger partial charge in [-0.05, 0) is 31.5 Å². The van der Waals surface area contributed by atoms with Crippen LogP contribution in [-0.2, 0) is 9.53 Å². The molecule has 0 fully saturated rings. The molecule has 2 aromatic rings. The highest BCUT2D eigenvalue weighted by Gasteiger charge is 2.38. The molecule has 2 heterocycles. The zero-order valence-electron chi connectivity index (χ0n) is 14.1. The molecule has 0 amide bonds. The largest absolute Gasteiger partial charge is 0.462 e. The molecule has 1 atom stereocenters. The van der Waals surface area contributed by atoms with Gasteiger partial charge in [-0.2, -0.15) is 0 Å². The number of nitrogens with one attached hydrogen (secondary N) is 1. The summed E-state index contributed by atoms with van der Waals surface area (Å²) < 4.78 is 10.7. The molecule has 26 heavy (non-hydrogen) atoms. The number of fused-ring (bicyclic) bond motifs is 1. The summed E-state index contributed by atoms with van der Waals surface area (Å²) in [5, 5.41) is 0.725. The van der Waals surface area contributed by atoms with Crippen LogP contribution in [-0.4, -0.2) is 17.6 Å². The first-order valence-corrected chi connectivity index (χ1v) is 8.62. The highest BCUT2D eigenvalue weighted by molar-refractivity contribution is 6.35. The smallest absolute Gasteiger partial charge is 0.340 e. The number of esters is 1. The summed E-state index contributed by atoms with van der Waals surface area (Å²) in [5.41, 5.74) is 6.97. The first-order valence-electron chi connectivity index (χ1n) is 7.86. The lowest BCUT2D eigenvalue weighted by molar-refractivity contribution is -0.139. The number of hydrogen-bond acceptors (Lipinski definition) is 5. The van der Waals surface area contributed by atoms with Crippen molar-refractivity contribution < 1.29 is 14.3 Å². The van der Waals surface area contributed by atoms with Gasteiger partial charge in [-0.1, -0.05) is 29.3 Å². The van der Waals surface area contributed by atoms with E-state index in [2.05, 4.69) is 4.98 Å². The molecule has 8 heteroatoms. The molecule has 1 aliphatic rings. The van der Waals surface area contributed by atoms with E-state index in [-0.39, 0.29) is 29.4 Å². The minimum absolute atomic E-state index is 0.0259. The Morgan fingerprint density at radius 3 is 2.73 bits per heavy atom. The van der Waals surface area contributed by atoms with Crippen molar-refractivity contribution in [3.05, 3.63) is 72.9 Å². The van der Waals surface area contributed by atoms with E-state index in [0.717, 1.165) is 0 Å². The second-order valence-electron chi connectivity index (χ2n) is 5.76. The standard InChI is InChI=1S/C18H16Cl2N2O4/c1-3-25-18(24)15-13(10-5-4-9(19)7-11(10)20)14-12(26-16(15)21)6-8(2)22-17(14)23/h4-7,13H,3,21H2,1-2H3,(H,22,23)/t13-/m0/s1. The first kappa shape index (κ1) is 18.4. The number of halogens is 2. The number of aryl methyl sites for hydroxylation is 1. The summed E-state index contributed by atoms with van der Waals surface area (Å²) in [6.07, 6.45) is 0. The molecule has 1 aliphatic heterocycles. The number of H-pyrrole nitrogens is 1. The zero-order chi connectivity index (χ0) is 19.0. The van der Waals surface area contributed by atoms with Crippen molar-refractivity contribution in [1.82, 2.24) is 4.98 Å². The number of pyridine rings is 1. The Hall–Kier alpha value is -2.44. The Morgan fingerprint density at radius 1 is 1.35 bits per heavy atom. The number of aromatic amines is 1. The van der Waals surface area contributed by atoms with Gasteiger partial charge in [-0.25, -0.2) is 4.79 Å². The van der Waals surface area contributed by atoms with Gasteiger partial charge >= 0.3 is 5.97 Å². The second kappa shape index (κ2) is 7.05. The summed E-state index contributed by atoms with van der Waals surface area (Å²) >= 11 is 12.3. The van der Waals surface area contributed by atoms with Crippen LogP contribution in [0.3, 0.4) is 0 Å². The number of rotatable bonds is 3. The van der Waals surface area contributed by atoms with Gasteiger partial charge in [-0.3, -0.25) is 4.79 Å². The van der Waals surface area contributed by atoms with Crippen LogP contribution in [0.25, 0.3) is 0 Å². The molecule has 0 spiro atoms. The molecule has 6 nitrogen and oxygen atoms in total. The van der Waals surface area contributed by atoms with E-state index < -0.39 is 17.4 Å². The molecule has 136 valence electrons. The van der Waals surface area contributed by atoms with Gasteiger partial charge < -0.3 is 20.2 Å². The van der Waals surface area contributed by atoms with Gasteiger partial charge in [0, 0.05) is 21.8 Å². The SMILES string of the molecule is CCOC(=O)C1=C(N)Oc2cc(C)[nH]c(=O)c2[C@@H]1c1ccc(Cl)cc1Cl. The molecule has 3 rings (SSSR count).